The van der Waals surface area contributed by atoms with Gasteiger partial charge < -0.3 is 9.80 Å². The van der Waals surface area contributed by atoms with Gasteiger partial charge in [-0.2, -0.15) is 13.2 Å². The monoisotopic (exact) mass is 414 g/mol. The molecule has 156 valence electrons. The van der Waals surface area contributed by atoms with E-state index in [4.69, 9.17) is 0 Å². The molecule has 7 heteroatoms. The van der Waals surface area contributed by atoms with Gasteiger partial charge in [-0.05, 0) is 42.2 Å². The van der Waals surface area contributed by atoms with Crippen LogP contribution in [0.25, 0.3) is 6.08 Å². The summed E-state index contributed by atoms with van der Waals surface area (Å²) in [5.74, 6) is -0.351. The fraction of sp³-hybridized carbons (Fsp3) is 0.304. The Morgan fingerprint density at radius 1 is 1.03 bits per heavy atom. The lowest BCUT2D eigenvalue weighted by atomic mass is 9.81. The van der Waals surface area contributed by atoms with E-state index >= 15 is 0 Å². The van der Waals surface area contributed by atoms with Gasteiger partial charge in [0, 0.05) is 31.8 Å². The van der Waals surface area contributed by atoms with E-state index in [0.717, 1.165) is 11.6 Å². The van der Waals surface area contributed by atoms with Gasteiger partial charge in [-0.3, -0.25) is 9.59 Å². The fourth-order valence-electron chi connectivity index (χ4n) is 4.50. The number of nitrogens with zero attached hydrogens (tertiary/aromatic N) is 2. The van der Waals surface area contributed by atoms with Crippen LogP contribution in [-0.2, 0) is 16.5 Å². The summed E-state index contributed by atoms with van der Waals surface area (Å²) in [6, 6.07) is 12.7. The zero-order valence-corrected chi connectivity index (χ0v) is 16.4. The average Bonchev–Trinajstić information content (AvgIpc) is 2.94. The second-order valence-electron chi connectivity index (χ2n) is 7.68. The quantitative estimate of drug-likeness (QED) is 0.687. The number of carbonyl (C=O) groups is 2. The van der Waals surface area contributed by atoms with Crippen LogP contribution in [0.5, 0.6) is 0 Å². The van der Waals surface area contributed by atoms with Crippen molar-refractivity contribution in [3.8, 4) is 0 Å². The highest BCUT2D eigenvalue weighted by atomic mass is 19.4. The van der Waals surface area contributed by atoms with Gasteiger partial charge in [0.25, 0.3) is 5.91 Å². The minimum Gasteiger partial charge on any atom is -0.339 e. The van der Waals surface area contributed by atoms with E-state index in [2.05, 4.69) is 0 Å². The summed E-state index contributed by atoms with van der Waals surface area (Å²) in [7, 11) is 1.79. The summed E-state index contributed by atoms with van der Waals surface area (Å²) in [6.45, 7) is 0.853. The normalized spacial score (nSPS) is 18.3. The Bertz CT molecular complexity index is 1020. The first-order valence-electron chi connectivity index (χ1n) is 9.75. The molecule has 0 aromatic heterocycles. The molecule has 1 spiro atoms. The van der Waals surface area contributed by atoms with E-state index in [9.17, 15) is 22.8 Å². The van der Waals surface area contributed by atoms with E-state index in [1.807, 2.05) is 24.3 Å². The van der Waals surface area contributed by atoms with E-state index in [0.29, 0.717) is 31.5 Å². The number of rotatable bonds is 2. The van der Waals surface area contributed by atoms with E-state index < -0.39 is 17.3 Å². The van der Waals surface area contributed by atoms with Crippen molar-refractivity contribution in [1.82, 2.24) is 9.80 Å². The average molecular weight is 414 g/mol. The van der Waals surface area contributed by atoms with Crippen molar-refractivity contribution in [3.05, 3.63) is 76.9 Å². The Hall–Kier alpha value is -3.09. The third kappa shape index (κ3) is 3.28. The molecule has 2 amide bonds. The predicted octanol–water partition coefficient (Wildman–Crippen LogP) is 4.32. The first kappa shape index (κ1) is 20.2. The number of amides is 2. The van der Waals surface area contributed by atoms with Crippen LogP contribution < -0.4 is 0 Å². The first-order valence-corrected chi connectivity index (χ1v) is 9.75. The van der Waals surface area contributed by atoms with Crippen molar-refractivity contribution < 1.29 is 22.8 Å². The summed E-state index contributed by atoms with van der Waals surface area (Å²) in [4.78, 5) is 28.6. The Morgan fingerprint density at radius 3 is 2.37 bits per heavy atom. The molecule has 2 heterocycles. The predicted molar refractivity (Wildman–Crippen MR) is 107 cm³/mol. The van der Waals surface area contributed by atoms with Crippen LogP contribution in [0, 0.1) is 0 Å². The topological polar surface area (TPSA) is 40.6 Å². The van der Waals surface area contributed by atoms with Gasteiger partial charge in [-0.25, -0.2) is 0 Å². The molecule has 0 aliphatic carbocycles. The molecule has 0 saturated carbocycles. The maximum Gasteiger partial charge on any atom is 0.416 e. The number of carbonyl (C=O) groups excluding carboxylic acids is 2. The molecule has 2 aromatic rings. The number of hydrogen-bond donors (Lipinski definition) is 0. The summed E-state index contributed by atoms with van der Waals surface area (Å²) in [5, 5.41) is 0. The molecule has 1 fully saturated rings. The van der Waals surface area contributed by atoms with Gasteiger partial charge in [0.05, 0.1) is 11.1 Å². The van der Waals surface area contributed by atoms with Crippen molar-refractivity contribution in [2.24, 2.45) is 0 Å². The molecule has 2 aliphatic heterocycles. The van der Waals surface area contributed by atoms with E-state index in [1.54, 1.807) is 16.8 Å². The maximum absolute atomic E-state index is 13.1. The number of piperidine rings is 1. The highest BCUT2D eigenvalue weighted by molar-refractivity contribution is 6.00. The van der Waals surface area contributed by atoms with Crippen LogP contribution in [-0.4, -0.2) is 41.8 Å². The molecule has 0 atom stereocenters. The van der Waals surface area contributed by atoms with Gasteiger partial charge in [0.15, 0.2) is 0 Å². The molecule has 2 aliphatic rings. The molecule has 30 heavy (non-hydrogen) atoms. The van der Waals surface area contributed by atoms with Crippen molar-refractivity contribution in [3.63, 3.8) is 0 Å². The molecule has 0 unspecified atom stereocenters. The number of hydrogen-bond acceptors (Lipinski definition) is 2. The summed E-state index contributed by atoms with van der Waals surface area (Å²) >= 11 is 0. The third-order valence-electron chi connectivity index (χ3n) is 6.18. The Kier molecular flexibility index (Phi) is 4.92. The van der Waals surface area contributed by atoms with E-state index in [-0.39, 0.29) is 17.4 Å². The summed E-state index contributed by atoms with van der Waals surface area (Å²) < 4.78 is 39.4. The maximum atomic E-state index is 13.1. The van der Waals surface area contributed by atoms with Gasteiger partial charge in [0.2, 0.25) is 5.91 Å². The molecular formula is C23H21F3N2O2. The molecule has 1 saturated heterocycles. The molecule has 0 N–H and O–H groups in total. The van der Waals surface area contributed by atoms with Crippen molar-refractivity contribution in [1.29, 1.82) is 0 Å². The van der Waals surface area contributed by atoms with Crippen molar-refractivity contribution in [2.75, 3.05) is 20.1 Å². The zero-order valence-electron chi connectivity index (χ0n) is 16.4. The highest BCUT2D eigenvalue weighted by Gasteiger charge is 2.49. The van der Waals surface area contributed by atoms with Crippen molar-refractivity contribution >= 4 is 17.9 Å². The standard InChI is InChI=1S/C23H21F3N2O2/c1-27-21(30)17-7-3-5-9-19(17)22(27)12-14-28(15-13-22)20(29)11-10-16-6-2-4-8-18(16)23(24,25)26/h2-11H,12-15H2,1H3/b11-10+. The van der Waals surface area contributed by atoms with Crippen LogP contribution in [0.15, 0.2) is 54.6 Å². The zero-order chi connectivity index (χ0) is 21.5. The van der Waals surface area contributed by atoms with Gasteiger partial charge in [0.1, 0.15) is 0 Å². The first-order chi connectivity index (χ1) is 14.2. The SMILES string of the molecule is CN1C(=O)c2ccccc2C12CCN(C(=O)/C=C/c1ccccc1C(F)(F)F)CC2. The Balaban J connectivity index is 1.49. The number of halogens is 3. The molecule has 2 aromatic carbocycles. The van der Waals surface area contributed by atoms with Gasteiger partial charge in [-0.15, -0.1) is 0 Å². The molecule has 0 radical (unpaired) electrons. The Labute approximate surface area is 172 Å². The second kappa shape index (κ2) is 7.31. The number of fused-ring (bicyclic) bond motifs is 2. The third-order valence-corrected chi connectivity index (χ3v) is 6.18. The molecule has 4 rings (SSSR count). The number of alkyl halides is 3. The molecular weight excluding hydrogens is 393 g/mol. The van der Waals surface area contributed by atoms with Gasteiger partial charge >= 0.3 is 6.18 Å². The van der Waals surface area contributed by atoms with Crippen LogP contribution >= 0.6 is 0 Å². The lowest BCUT2D eigenvalue weighted by molar-refractivity contribution is -0.137. The molecule has 4 nitrogen and oxygen atoms in total. The smallest absolute Gasteiger partial charge is 0.339 e. The molecule has 0 bridgehead atoms. The number of likely N-dealkylation sites (tertiary alicyclic amines) is 1. The Morgan fingerprint density at radius 2 is 1.67 bits per heavy atom. The lowest BCUT2D eigenvalue weighted by Gasteiger charge is -2.43. The minimum atomic E-state index is -4.48. The van der Waals surface area contributed by atoms with E-state index in [1.165, 1.54) is 30.4 Å². The second-order valence-corrected chi connectivity index (χ2v) is 7.68. The number of benzene rings is 2. The summed E-state index contributed by atoms with van der Waals surface area (Å²) in [6.07, 6.45) is -0.888. The van der Waals surface area contributed by atoms with Crippen LogP contribution in [0.2, 0.25) is 0 Å². The van der Waals surface area contributed by atoms with Crippen molar-refractivity contribution in [2.45, 2.75) is 24.6 Å². The van der Waals surface area contributed by atoms with Crippen LogP contribution in [0.1, 0.15) is 39.9 Å². The van der Waals surface area contributed by atoms with Crippen LogP contribution in [0.4, 0.5) is 13.2 Å². The largest absolute Gasteiger partial charge is 0.416 e. The van der Waals surface area contributed by atoms with Crippen LogP contribution in [0.3, 0.4) is 0 Å². The minimum absolute atomic E-state index is 0.0194. The van der Waals surface area contributed by atoms with Gasteiger partial charge in [-0.1, -0.05) is 36.4 Å². The lowest BCUT2D eigenvalue weighted by Crippen LogP contribution is -2.51. The highest BCUT2D eigenvalue weighted by Crippen LogP contribution is 2.45. The summed E-state index contributed by atoms with van der Waals surface area (Å²) in [5.41, 5.74) is 0.441. The fourth-order valence-corrected chi connectivity index (χ4v) is 4.50.